The maximum atomic E-state index is 12.8. The summed E-state index contributed by atoms with van der Waals surface area (Å²) in [5.74, 6) is -0.563. The zero-order chi connectivity index (χ0) is 25.6. The Morgan fingerprint density at radius 3 is 2.54 bits per heavy atom. The zero-order valence-corrected chi connectivity index (χ0v) is 21.3. The standard InChI is InChI=1S/C25H30N6O3S/c1-16(23(33)30-24-28-14-20(35-24)25(2,3)34)17-8-6-9-18(12-17)19-13-27-21(15-26-19)29-22(32)10-7-11-31(4)5/h6-10,12-16,34H,11H2,1-5H3,(H,27,29,32)(H,28,30,33)/b10-7+. The van der Waals surface area contributed by atoms with Gasteiger partial charge in [-0.1, -0.05) is 35.6 Å². The summed E-state index contributed by atoms with van der Waals surface area (Å²) in [6.07, 6.45) is 7.87. The van der Waals surface area contributed by atoms with Gasteiger partial charge in [-0.2, -0.15) is 0 Å². The number of aliphatic hydroxyl groups is 1. The molecule has 0 radical (unpaired) electrons. The molecule has 0 bridgehead atoms. The average molecular weight is 495 g/mol. The third-order valence-electron chi connectivity index (χ3n) is 5.06. The van der Waals surface area contributed by atoms with Crippen LogP contribution in [0.15, 0.2) is 55.0 Å². The number of carbonyl (C=O) groups is 2. The van der Waals surface area contributed by atoms with Gasteiger partial charge in [0.15, 0.2) is 10.9 Å². The molecule has 0 saturated carbocycles. The highest BCUT2D eigenvalue weighted by Gasteiger charge is 2.22. The quantitative estimate of drug-likeness (QED) is 0.389. The van der Waals surface area contributed by atoms with E-state index in [0.29, 0.717) is 28.1 Å². The van der Waals surface area contributed by atoms with Gasteiger partial charge in [0.2, 0.25) is 11.8 Å². The number of anilines is 2. The van der Waals surface area contributed by atoms with Crippen molar-refractivity contribution in [3.05, 3.63) is 65.4 Å². The van der Waals surface area contributed by atoms with Crippen LogP contribution in [0.2, 0.25) is 0 Å². The van der Waals surface area contributed by atoms with E-state index in [4.69, 9.17) is 0 Å². The van der Waals surface area contributed by atoms with Crippen molar-refractivity contribution in [1.29, 1.82) is 0 Å². The first-order valence-corrected chi connectivity index (χ1v) is 11.9. The summed E-state index contributed by atoms with van der Waals surface area (Å²) < 4.78 is 0. The van der Waals surface area contributed by atoms with Crippen molar-refractivity contribution in [1.82, 2.24) is 19.9 Å². The normalized spacial score (nSPS) is 12.7. The van der Waals surface area contributed by atoms with Crippen LogP contribution >= 0.6 is 11.3 Å². The highest BCUT2D eigenvalue weighted by Crippen LogP contribution is 2.29. The Bertz CT molecular complexity index is 1200. The van der Waals surface area contributed by atoms with E-state index >= 15 is 0 Å². The molecule has 2 amide bonds. The van der Waals surface area contributed by atoms with E-state index in [1.807, 2.05) is 50.2 Å². The molecule has 10 heteroatoms. The Kier molecular flexibility index (Phi) is 8.44. The Hall–Kier alpha value is -3.47. The number of benzene rings is 1. The van der Waals surface area contributed by atoms with Crippen LogP contribution in [0.3, 0.4) is 0 Å². The van der Waals surface area contributed by atoms with Crippen LogP contribution in [0, 0.1) is 0 Å². The van der Waals surface area contributed by atoms with Crippen molar-refractivity contribution < 1.29 is 14.7 Å². The molecule has 9 nitrogen and oxygen atoms in total. The van der Waals surface area contributed by atoms with E-state index in [9.17, 15) is 14.7 Å². The summed E-state index contributed by atoms with van der Waals surface area (Å²) in [4.78, 5) is 40.3. The van der Waals surface area contributed by atoms with Crippen LogP contribution in [0.1, 0.15) is 37.1 Å². The van der Waals surface area contributed by atoms with Crippen molar-refractivity contribution in [2.45, 2.75) is 32.3 Å². The summed E-state index contributed by atoms with van der Waals surface area (Å²) >= 11 is 1.24. The molecular weight excluding hydrogens is 464 g/mol. The van der Waals surface area contributed by atoms with Gasteiger partial charge in [0.05, 0.1) is 34.5 Å². The molecule has 2 aromatic heterocycles. The minimum Gasteiger partial charge on any atom is -0.385 e. The molecule has 2 heterocycles. The maximum Gasteiger partial charge on any atom is 0.249 e. The number of aromatic nitrogens is 3. The minimum atomic E-state index is -1.01. The van der Waals surface area contributed by atoms with Gasteiger partial charge < -0.3 is 20.6 Å². The molecule has 1 unspecified atom stereocenters. The van der Waals surface area contributed by atoms with E-state index in [1.54, 1.807) is 32.3 Å². The van der Waals surface area contributed by atoms with Crippen molar-refractivity contribution in [3.8, 4) is 11.3 Å². The SMILES string of the molecule is CC(C(=O)Nc1ncc(C(C)(C)O)s1)c1cccc(-c2cnc(NC(=O)/C=C/CN(C)C)cn2)c1. The first-order valence-electron chi connectivity index (χ1n) is 11.1. The van der Waals surface area contributed by atoms with E-state index in [2.05, 4.69) is 25.6 Å². The average Bonchev–Trinajstić information content (AvgIpc) is 3.28. The van der Waals surface area contributed by atoms with Gasteiger partial charge >= 0.3 is 0 Å². The predicted octanol–water partition coefficient (Wildman–Crippen LogP) is 3.63. The molecule has 0 fully saturated rings. The molecule has 3 aromatic rings. The molecule has 3 rings (SSSR count). The second kappa shape index (κ2) is 11.3. The third kappa shape index (κ3) is 7.51. The number of nitrogens with zero attached hydrogens (tertiary/aromatic N) is 4. The van der Waals surface area contributed by atoms with Gasteiger partial charge in [-0.3, -0.25) is 14.6 Å². The monoisotopic (exact) mass is 494 g/mol. The zero-order valence-electron chi connectivity index (χ0n) is 20.4. The van der Waals surface area contributed by atoms with Gasteiger partial charge in [0.1, 0.15) is 0 Å². The van der Waals surface area contributed by atoms with Gasteiger partial charge in [-0.05, 0) is 46.5 Å². The third-order valence-corrected chi connectivity index (χ3v) is 6.28. The molecule has 0 aliphatic heterocycles. The summed E-state index contributed by atoms with van der Waals surface area (Å²) in [7, 11) is 3.84. The largest absolute Gasteiger partial charge is 0.385 e. The summed E-state index contributed by atoms with van der Waals surface area (Å²) in [6.45, 7) is 5.82. The molecule has 0 saturated heterocycles. The first kappa shape index (κ1) is 26.1. The molecule has 1 atom stereocenters. The molecule has 0 aliphatic carbocycles. The number of rotatable bonds is 9. The number of carbonyl (C=O) groups excluding carboxylic acids is 2. The topological polar surface area (TPSA) is 120 Å². The smallest absolute Gasteiger partial charge is 0.249 e. The van der Waals surface area contributed by atoms with E-state index in [0.717, 1.165) is 11.1 Å². The van der Waals surface area contributed by atoms with Crippen molar-refractivity contribution in [2.75, 3.05) is 31.3 Å². The van der Waals surface area contributed by atoms with Gasteiger partial charge in [-0.15, -0.1) is 0 Å². The van der Waals surface area contributed by atoms with Gasteiger partial charge in [-0.25, -0.2) is 9.97 Å². The van der Waals surface area contributed by atoms with E-state index < -0.39 is 11.5 Å². The van der Waals surface area contributed by atoms with Crippen LogP contribution < -0.4 is 10.6 Å². The van der Waals surface area contributed by atoms with Crippen LogP contribution in [-0.2, 0) is 15.2 Å². The minimum absolute atomic E-state index is 0.203. The fourth-order valence-corrected chi connectivity index (χ4v) is 3.85. The van der Waals surface area contributed by atoms with E-state index in [1.165, 1.54) is 23.6 Å². The highest BCUT2D eigenvalue weighted by atomic mass is 32.1. The van der Waals surface area contributed by atoms with Gasteiger partial charge in [0, 0.05) is 24.4 Å². The number of amides is 2. The molecule has 35 heavy (non-hydrogen) atoms. The molecule has 1 aromatic carbocycles. The van der Waals surface area contributed by atoms with Crippen LogP contribution in [0.4, 0.5) is 10.9 Å². The van der Waals surface area contributed by atoms with Crippen LogP contribution in [0.25, 0.3) is 11.3 Å². The van der Waals surface area contributed by atoms with Crippen LogP contribution in [0.5, 0.6) is 0 Å². The Balaban J connectivity index is 1.65. The van der Waals surface area contributed by atoms with Crippen molar-refractivity contribution in [3.63, 3.8) is 0 Å². The number of nitrogens with one attached hydrogen (secondary N) is 2. The number of hydrogen-bond donors (Lipinski definition) is 3. The predicted molar refractivity (Wildman–Crippen MR) is 138 cm³/mol. The number of thiazole rings is 1. The molecule has 0 aliphatic rings. The van der Waals surface area contributed by atoms with Gasteiger partial charge in [0.25, 0.3) is 0 Å². The lowest BCUT2D eigenvalue weighted by atomic mass is 9.97. The maximum absolute atomic E-state index is 12.8. The molecule has 184 valence electrons. The number of likely N-dealkylation sites (N-methyl/N-ethyl adjacent to an activating group) is 1. The molecular formula is C25H30N6O3S. The Morgan fingerprint density at radius 1 is 1.14 bits per heavy atom. The molecule has 3 N–H and O–H groups in total. The second-order valence-corrected chi connectivity index (χ2v) is 9.90. The highest BCUT2D eigenvalue weighted by molar-refractivity contribution is 7.15. The lowest BCUT2D eigenvalue weighted by molar-refractivity contribution is -0.117. The summed E-state index contributed by atoms with van der Waals surface area (Å²) in [5.41, 5.74) is 1.22. The second-order valence-electron chi connectivity index (χ2n) is 8.87. The van der Waals surface area contributed by atoms with Crippen molar-refractivity contribution >= 4 is 34.1 Å². The Labute approximate surface area is 209 Å². The molecule has 0 spiro atoms. The van der Waals surface area contributed by atoms with E-state index in [-0.39, 0.29) is 11.8 Å². The fourth-order valence-electron chi connectivity index (χ4n) is 3.03. The lowest BCUT2D eigenvalue weighted by Gasteiger charge is -2.14. The summed E-state index contributed by atoms with van der Waals surface area (Å²) in [5, 5.41) is 16.0. The Morgan fingerprint density at radius 2 is 1.91 bits per heavy atom. The summed E-state index contributed by atoms with van der Waals surface area (Å²) in [6, 6.07) is 7.51. The first-order chi connectivity index (χ1) is 16.5. The fraction of sp³-hybridized carbons (Fsp3) is 0.320. The lowest BCUT2D eigenvalue weighted by Crippen LogP contribution is -2.18. The number of hydrogen-bond acceptors (Lipinski definition) is 8. The van der Waals surface area contributed by atoms with Crippen molar-refractivity contribution in [2.24, 2.45) is 0 Å². The van der Waals surface area contributed by atoms with Crippen LogP contribution in [-0.4, -0.2) is 57.4 Å².